The highest BCUT2D eigenvalue weighted by molar-refractivity contribution is 5.72. The quantitative estimate of drug-likeness (QED) is 0.542. The van der Waals surface area contributed by atoms with Crippen LogP contribution in [0.3, 0.4) is 0 Å². The van der Waals surface area contributed by atoms with Crippen LogP contribution in [0.5, 0.6) is 0 Å². The minimum absolute atomic E-state index is 0.226. The Morgan fingerprint density at radius 2 is 1.93 bits per heavy atom. The summed E-state index contributed by atoms with van der Waals surface area (Å²) in [4.78, 5) is 10.7. The fourth-order valence-corrected chi connectivity index (χ4v) is 0.930. The lowest BCUT2D eigenvalue weighted by atomic mass is 10.1. The van der Waals surface area contributed by atoms with Crippen LogP contribution in [0.25, 0.3) is 0 Å². The normalized spacial score (nSPS) is 10.0. The van der Waals surface area contributed by atoms with Crippen molar-refractivity contribution in [2.75, 3.05) is 7.11 Å². The number of methoxy groups -OCH3 is 1. The zero-order chi connectivity index (χ0) is 10.7. The Hall–Kier alpha value is -1.52. The molecule has 0 atom stereocenters. The summed E-state index contributed by atoms with van der Waals surface area (Å²) >= 11 is 0. The SMILES string of the molecule is COC(=O)Cc1ccc(F)c(F)c1F. The van der Waals surface area contributed by atoms with Gasteiger partial charge in [-0.15, -0.1) is 0 Å². The largest absolute Gasteiger partial charge is 0.469 e. The molecule has 0 N–H and O–H groups in total. The first-order valence-electron chi connectivity index (χ1n) is 3.75. The van der Waals surface area contributed by atoms with Crippen LogP contribution in [-0.4, -0.2) is 13.1 Å². The van der Waals surface area contributed by atoms with Crippen molar-refractivity contribution < 1.29 is 22.7 Å². The van der Waals surface area contributed by atoms with Gasteiger partial charge in [-0.1, -0.05) is 6.07 Å². The van der Waals surface area contributed by atoms with E-state index in [0.717, 1.165) is 19.2 Å². The van der Waals surface area contributed by atoms with Gasteiger partial charge >= 0.3 is 5.97 Å². The van der Waals surface area contributed by atoms with Crippen molar-refractivity contribution in [2.45, 2.75) is 6.42 Å². The maximum Gasteiger partial charge on any atom is 0.310 e. The predicted octanol–water partition coefficient (Wildman–Crippen LogP) is 1.82. The molecule has 0 aliphatic carbocycles. The molecule has 0 amide bonds. The summed E-state index contributed by atoms with van der Waals surface area (Å²) in [5.41, 5.74) is -0.226. The van der Waals surface area contributed by atoms with Gasteiger partial charge in [0.1, 0.15) is 0 Å². The van der Waals surface area contributed by atoms with Crippen molar-refractivity contribution >= 4 is 5.97 Å². The molecule has 0 spiro atoms. The van der Waals surface area contributed by atoms with Gasteiger partial charge in [-0.2, -0.15) is 0 Å². The molecular formula is C9H7F3O2. The van der Waals surface area contributed by atoms with Gasteiger partial charge in [0.25, 0.3) is 0 Å². The Bertz CT molecular complexity index is 363. The molecule has 0 aliphatic rings. The van der Waals surface area contributed by atoms with Gasteiger partial charge < -0.3 is 4.74 Å². The molecule has 0 aromatic heterocycles. The lowest BCUT2D eigenvalue weighted by molar-refractivity contribution is -0.139. The zero-order valence-electron chi connectivity index (χ0n) is 7.31. The summed E-state index contributed by atoms with van der Waals surface area (Å²) in [5.74, 6) is -4.92. The molecule has 0 fully saturated rings. The van der Waals surface area contributed by atoms with Gasteiger partial charge in [0.15, 0.2) is 17.5 Å². The van der Waals surface area contributed by atoms with Gasteiger partial charge in [-0.05, 0) is 6.07 Å². The van der Waals surface area contributed by atoms with E-state index in [-0.39, 0.29) is 5.56 Å². The maximum absolute atomic E-state index is 12.9. The first-order chi connectivity index (χ1) is 6.56. The summed E-state index contributed by atoms with van der Waals surface area (Å²) in [6.45, 7) is 0. The number of ether oxygens (including phenoxy) is 1. The first-order valence-corrected chi connectivity index (χ1v) is 3.75. The molecule has 0 aliphatic heterocycles. The van der Waals surface area contributed by atoms with Crippen LogP contribution in [0, 0.1) is 17.5 Å². The average molecular weight is 204 g/mol. The molecule has 0 bridgehead atoms. The van der Waals surface area contributed by atoms with Crippen LogP contribution >= 0.6 is 0 Å². The topological polar surface area (TPSA) is 26.3 Å². The number of carbonyl (C=O) groups excluding carboxylic acids is 1. The number of rotatable bonds is 2. The molecule has 2 nitrogen and oxygen atoms in total. The third kappa shape index (κ3) is 2.04. The van der Waals surface area contributed by atoms with E-state index in [4.69, 9.17) is 0 Å². The van der Waals surface area contributed by atoms with Crippen molar-refractivity contribution in [3.05, 3.63) is 35.1 Å². The van der Waals surface area contributed by atoms with Gasteiger partial charge in [0.05, 0.1) is 13.5 Å². The lowest BCUT2D eigenvalue weighted by Gasteiger charge is -2.02. The van der Waals surface area contributed by atoms with Crippen LogP contribution in [-0.2, 0) is 16.0 Å². The Labute approximate surface area is 78.3 Å². The standard InChI is InChI=1S/C9H7F3O2/c1-14-7(13)4-5-2-3-6(10)9(12)8(5)11/h2-3H,4H2,1H3. The Morgan fingerprint density at radius 3 is 2.50 bits per heavy atom. The number of esters is 1. The van der Waals surface area contributed by atoms with E-state index >= 15 is 0 Å². The molecule has 14 heavy (non-hydrogen) atoms. The molecule has 1 rings (SSSR count). The number of hydrogen-bond acceptors (Lipinski definition) is 2. The Kier molecular flexibility index (Phi) is 3.11. The Balaban J connectivity index is 3.00. The van der Waals surface area contributed by atoms with Crippen LogP contribution in [0.1, 0.15) is 5.56 Å². The minimum Gasteiger partial charge on any atom is -0.469 e. The molecule has 0 heterocycles. The highest BCUT2D eigenvalue weighted by Gasteiger charge is 2.15. The van der Waals surface area contributed by atoms with Crippen LogP contribution in [0.2, 0.25) is 0 Å². The highest BCUT2D eigenvalue weighted by atomic mass is 19.2. The van der Waals surface area contributed by atoms with E-state index in [9.17, 15) is 18.0 Å². The first kappa shape index (κ1) is 10.6. The van der Waals surface area contributed by atoms with E-state index < -0.39 is 29.8 Å². The van der Waals surface area contributed by atoms with E-state index in [0.29, 0.717) is 0 Å². The molecule has 0 saturated carbocycles. The fraction of sp³-hybridized carbons (Fsp3) is 0.222. The van der Waals surface area contributed by atoms with Gasteiger partial charge in [-0.3, -0.25) is 4.79 Å². The summed E-state index contributed by atoms with van der Waals surface area (Å²) < 4.78 is 42.3. The molecule has 1 aromatic rings. The van der Waals surface area contributed by atoms with Gasteiger partial charge in [0, 0.05) is 5.56 Å². The lowest BCUT2D eigenvalue weighted by Crippen LogP contribution is -2.07. The predicted molar refractivity (Wildman–Crippen MR) is 42.0 cm³/mol. The van der Waals surface area contributed by atoms with Crippen molar-refractivity contribution in [3.63, 3.8) is 0 Å². The third-order valence-corrected chi connectivity index (χ3v) is 1.68. The fourth-order valence-electron chi connectivity index (χ4n) is 0.930. The smallest absolute Gasteiger partial charge is 0.310 e. The van der Waals surface area contributed by atoms with Crippen molar-refractivity contribution in [3.8, 4) is 0 Å². The van der Waals surface area contributed by atoms with E-state index in [1.54, 1.807) is 0 Å². The highest BCUT2D eigenvalue weighted by Crippen LogP contribution is 2.15. The number of benzene rings is 1. The minimum atomic E-state index is -1.58. The number of carbonyl (C=O) groups is 1. The number of halogens is 3. The summed E-state index contributed by atoms with van der Waals surface area (Å²) in [6, 6.07) is 1.77. The van der Waals surface area contributed by atoms with Crippen molar-refractivity contribution in [2.24, 2.45) is 0 Å². The van der Waals surface area contributed by atoms with Crippen LogP contribution < -0.4 is 0 Å². The molecule has 0 radical (unpaired) electrons. The van der Waals surface area contributed by atoms with Gasteiger partial charge in [0.2, 0.25) is 0 Å². The van der Waals surface area contributed by atoms with Crippen molar-refractivity contribution in [1.82, 2.24) is 0 Å². The second-order valence-electron chi connectivity index (χ2n) is 2.59. The zero-order valence-corrected chi connectivity index (χ0v) is 7.31. The molecule has 76 valence electrons. The number of hydrogen-bond donors (Lipinski definition) is 0. The van der Waals surface area contributed by atoms with Crippen LogP contribution in [0.15, 0.2) is 12.1 Å². The Morgan fingerprint density at radius 1 is 1.29 bits per heavy atom. The monoisotopic (exact) mass is 204 g/mol. The third-order valence-electron chi connectivity index (χ3n) is 1.68. The van der Waals surface area contributed by atoms with Gasteiger partial charge in [-0.25, -0.2) is 13.2 Å². The second kappa shape index (κ2) is 4.13. The average Bonchev–Trinajstić information content (AvgIpc) is 2.19. The molecular weight excluding hydrogens is 197 g/mol. The summed E-state index contributed by atoms with van der Waals surface area (Å²) in [7, 11) is 1.13. The van der Waals surface area contributed by atoms with Crippen LogP contribution in [0.4, 0.5) is 13.2 Å². The van der Waals surface area contributed by atoms with E-state index in [2.05, 4.69) is 4.74 Å². The summed E-state index contributed by atoms with van der Waals surface area (Å²) in [6.07, 6.45) is -0.417. The molecule has 0 unspecified atom stereocenters. The van der Waals surface area contributed by atoms with E-state index in [1.165, 1.54) is 0 Å². The van der Waals surface area contributed by atoms with Crippen molar-refractivity contribution in [1.29, 1.82) is 0 Å². The maximum atomic E-state index is 12.9. The second-order valence-corrected chi connectivity index (χ2v) is 2.59. The molecule has 1 aromatic carbocycles. The molecule has 5 heteroatoms. The summed E-state index contributed by atoms with van der Waals surface area (Å²) in [5, 5.41) is 0. The van der Waals surface area contributed by atoms with E-state index in [1.807, 2.05) is 0 Å². The molecule has 0 saturated heterocycles.